The Balaban J connectivity index is 1.81. The number of benzene rings is 2. The Morgan fingerprint density at radius 3 is 2.58 bits per heavy atom. The molecule has 0 aliphatic heterocycles. The van der Waals surface area contributed by atoms with Crippen LogP contribution in [0.2, 0.25) is 5.02 Å². The minimum atomic E-state index is -0.644. The first-order chi connectivity index (χ1) is 11.5. The monoisotopic (exact) mass is 343 g/mol. The Hall–Kier alpha value is -3.26. The van der Waals surface area contributed by atoms with Crippen LogP contribution in [0, 0.1) is 10.1 Å². The van der Waals surface area contributed by atoms with Crippen LogP contribution in [-0.4, -0.2) is 25.6 Å². The van der Waals surface area contributed by atoms with Crippen molar-refractivity contribution in [2.75, 3.05) is 5.32 Å². The van der Waals surface area contributed by atoms with Gasteiger partial charge in [-0.15, -0.1) is 0 Å². The number of aromatic nitrogens is 3. The molecule has 0 aliphatic carbocycles. The lowest BCUT2D eigenvalue weighted by molar-refractivity contribution is -0.385. The Kier molecular flexibility index (Phi) is 4.21. The van der Waals surface area contributed by atoms with Gasteiger partial charge in [0, 0.05) is 16.8 Å². The van der Waals surface area contributed by atoms with Crippen LogP contribution in [0.3, 0.4) is 0 Å². The Labute approximate surface area is 140 Å². The van der Waals surface area contributed by atoms with Crippen LogP contribution in [0.25, 0.3) is 5.69 Å². The van der Waals surface area contributed by atoms with Crippen molar-refractivity contribution in [3.63, 3.8) is 0 Å². The molecule has 0 saturated carbocycles. The molecule has 0 radical (unpaired) electrons. The fourth-order valence-electron chi connectivity index (χ4n) is 2.09. The number of nitrogens with zero attached hydrogens (tertiary/aromatic N) is 4. The third-order valence-corrected chi connectivity index (χ3v) is 3.44. The van der Waals surface area contributed by atoms with Crippen molar-refractivity contribution in [2.24, 2.45) is 0 Å². The molecule has 9 heteroatoms. The van der Waals surface area contributed by atoms with Crippen molar-refractivity contribution in [1.82, 2.24) is 14.8 Å². The molecule has 0 aliphatic rings. The van der Waals surface area contributed by atoms with Crippen LogP contribution in [0.15, 0.2) is 55.1 Å². The predicted octanol–water partition coefficient (Wildman–Crippen LogP) is 3.08. The second kappa shape index (κ2) is 6.47. The number of nitro benzene ring substituents is 1. The van der Waals surface area contributed by atoms with E-state index in [1.165, 1.54) is 18.5 Å². The number of hydrogen-bond donors (Lipinski definition) is 1. The molecule has 2 aromatic carbocycles. The summed E-state index contributed by atoms with van der Waals surface area (Å²) in [6.07, 6.45) is 2.96. The van der Waals surface area contributed by atoms with Gasteiger partial charge in [0.25, 0.3) is 11.6 Å². The second-order valence-electron chi connectivity index (χ2n) is 4.76. The van der Waals surface area contributed by atoms with Crippen molar-refractivity contribution >= 4 is 28.9 Å². The topological polar surface area (TPSA) is 103 Å². The summed E-state index contributed by atoms with van der Waals surface area (Å²) in [5, 5.41) is 17.9. The Morgan fingerprint density at radius 2 is 1.96 bits per heavy atom. The smallest absolute Gasteiger partial charge is 0.283 e. The number of rotatable bonds is 4. The maximum Gasteiger partial charge on any atom is 0.283 e. The molecule has 0 fully saturated rings. The molecule has 1 heterocycles. The highest BCUT2D eigenvalue weighted by Crippen LogP contribution is 2.24. The van der Waals surface area contributed by atoms with E-state index in [1.54, 1.807) is 35.3 Å². The van der Waals surface area contributed by atoms with Crippen molar-refractivity contribution in [3.8, 4) is 5.69 Å². The number of nitrogens with one attached hydrogen (secondary N) is 1. The Bertz CT molecular complexity index is 894. The summed E-state index contributed by atoms with van der Waals surface area (Å²) in [6.45, 7) is 0. The van der Waals surface area contributed by atoms with Gasteiger partial charge in [0.2, 0.25) is 0 Å². The second-order valence-corrected chi connectivity index (χ2v) is 5.20. The zero-order valence-electron chi connectivity index (χ0n) is 12.1. The molecule has 1 amide bonds. The quantitative estimate of drug-likeness (QED) is 0.579. The molecule has 120 valence electrons. The summed E-state index contributed by atoms with van der Waals surface area (Å²) in [5.74, 6) is -0.591. The van der Waals surface area contributed by atoms with Crippen LogP contribution >= 0.6 is 11.6 Å². The van der Waals surface area contributed by atoms with E-state index in [0.717, 1.165) is 11.8 Å². The molecule has 1 N–H and O–H groups in total. The lowest BCUT2D eigenvalue weighted by Gasteiger charge is -2.07. The normalized spacial score (nSPS) is 10.4. The maximum absolute atomic E-state index is 12.3. The summed E-state index contributed by atoms with van der Waals surface area (Å²) >= 11 is 5.74. The summed E-state index contributed by atoms with van der Waals surface area (Å²) in [5.41, 5.74) is 0.847. The summed E-state index contributed by atoms with van der Waals surface area (Å²) < 4.78 is 1.57. The molecular weight excluding hydrogens is 334 g/mol. The number of nitro groups is 1. The highest BCUT2D eigenvalue weighted by Gasteiger charge is 2.20. The third-order valence-electron chi connectivity index (χ3n) is 3.21. The van der Waals surface area contributed by atoms with Gasteiger partial charge in [-0.05, 0) is 36.4 Å². The number of hydrogen-bond acceptors (Lipinski definition) is 5. The molecule has 3 rings (SSSR count). The molecule has 3 aromatic rings. The minimum absolute atomic E-state index is 0.0650. The van der Waals surface area contributed by atoms with Gasteiger partial charge in [-0.1, -0.05) is 11.6 Å². The maximum atomic E-state index is 12.3. The zero-order valence-corrected chi connectivity index (χ0v) is 12.8. The first kappa shape index (κ1) is 15.6. The van der Waals surface area contributed by atoms with E-state index >= 15 is 0 Å². The summed E-state index contributed by atoms with van der Waals surface area (Å²) in [7, 11) is 0. The predicted molar refractivity (Wildman–Crippen MR) is 87.4 cm³/mol. The van der Waals surface area contributed by atoms with Crippen LogP contribution in [0.1, 0.15) is 10.4 Å². The fraction of sp³-hybridized carbons (Fsp3) is 0. The van der Waals surface area contributed by atoms with Crippen LogP contribution in [0.5, 0.6) is 0 Å². The van der Waals surface area contributed by atoms with Crippen molar-refractivity contribution in [1.29, 1.82) is 0 Å². The van der Waals surface area contributed by atoms with Crippen LogP contribution < -0.4 is 5.32 Å². The average molecular weight is 344 g/mol. The van der Waals surface area contributed by atoms with Crippen molar-refractivity contribution in [2.45, 2.75) is 0 Å². The largest absolute Gasteiger partial charge is 0.322 e. The number of amides is 1. The zero-order chi connectivity index (χ0) is 17.1. The van der Waals surface area contributed by atoms with Gasteiger partial charge in [0.05, 0.1) is 10.6 Å². The third kappa shape index (κ3) is 3.23. The highest BCUT2D eigenvalue weighted by atomic mass is 35.5. The highest BCUT2D eigenvalue weighted by molar-refractivity contribution is 6.31. The van der Waals surface area contributed by atoms with E-state index in [4.69, 9.17) is 11.6 Å². The fourth-order valence-corrected chi connectivity index (χ4v) is 2.25. The van der Waals surface area contributed by atoms with Crippen molar-refractivity contribution in [3.05, 3.63) is 75.8 Å². The van der Waals surface area contributed by atoms with Gasteiger partial charge in [0.15, 0.2) is 0 Å². The number of anilines is 1. The minimum Gasteiger partial charge on any atom is -0.322 e. The van der Waals surface area contributed by atoms with Crippen molar-refractivity contribution < 1.29 is 9.72 Å². The number of carbonyl (C=O) groups excluding carboxylic acids is 1. The molecule has 0 unspecified atom stereocenters. The summed E-state index contributed by atoms with van der Waals surface area (Å²) in [4.78, 5) is 26.5. The lowest BCUT2D eigenvalue weighted by atomic mass is 10.1. The van der Waals surface area contributed by atoms with Gasteiger partial charge in [-0.2, -0.15) is 5.10 Å². The van der Waals surface area contributed by atoms with E-state index in [-0.39, 0.29) is 16.3 Å². The molecule has 0 atom stereocenters. The Morgan fingerprint density at radius 1 is 1.21 bits per heavy atom. The molecule has 0 spiro atoms. The standard InChI is InChI=1S/C15H10ClN5O3/c16-10-1-6-13(14(7-10)21(23)24)15(22)19-11-2-4-12(5-3-11)20-9-17-8-18-20/h1-9H,(H,19,22). The molecule has 8 nitrogen and oxygen atoms in total. The number of carbonyl (C=O) groups is 1. The van der Waals surface area contributed by atoms with E-state index in [0.29, 0.717) is 5.69 Å². The van der Waals surface area contributed by atoms with Gasteiger partial charge < -0.3 is 5.32 Å². The van der Waals surface area contributed by atoms with Crippen LogP contribution in [0.4, 0.5) is 11.4 Å². The van der Waals surface area contributed by atoms with Gasteiger partial charge in [-0.25, -0.2) is 9.67 Å². The molecule has 0 bridgehead atoms. The SMILES string of the molecule is O=C(Nc1ccc(-n2cncn2)cc1)c1ccc(Cl)cc1[N+](=O)[O-]. The van der Waals surface area contributed by atoms with Gasteiger partial charge in [-0.3, -0.25) is 14.9 Å². The number of halogens is 1. The van der Waals surface area contributed by atoms with E-state index in [1.807, 2.05) is 0 Å². The molecule has 1 aromatic heterocycles. The van der Waals surface area contributed by atoms with Crippen LogP contribution in [-0.2, 0) is 0 Å². The van der Waals surface area contributed by atoms with Gasteiger partial charge in [0.1, 0.15) is 18.2 Å². The van der Waals surface area contributed by atoms with E-state index in [9.17, 15) is 14.9 Å². The first-order valence-corrected chi connectivity index (χ1v) is 7.13. The molecule has 24 heavy (non-hydrogen) atoms. The first-order valence-electron chi connectivity index (χ1n) is 6.75. The van der Waals surface area contributed by atoms with E-state index in [2.05, 4.69) is 15.4 Å². The summed E-state index contributed by atoms with van der Waals surface area (Å²) in [6, 6.07) is 10.7. The molecular formula is C15H10ClN5O3. The average Bonchev–Trinajstić information content (AvgIpc) is 3.09. The van der Waals surface area contributed by atoms with E-state index < -0.39 is 10.8 Å². The van der Waals surface area contributed by atoms with Gasteiger partial charge >= 0.3 is 0 Å². The molecule has 0 saturated heterocycles. The lowest BCUT2D eigenvalue weighted by Crippen LogP contribution is -2.14.